The molecule has 0 aliphatic carbocycles. The van der Waals surface area contributed by atoms with E-state index >= 15 is 0 Å². The van der Waals surface area contributed by atoms with Crippen molar-refractivity contribution in [1.82, 2.24) is 0 Å². The average Bonchev–Trinajstić information content (AvgIpc) is 2.68. The summed E-state index contributed by atoms with van der Waals surface area (Å²) in [7, 11) is 3.25. The second kappa shape index (κ2) is 8.97. The topological polar surface area (TPSA) is 55.2 Å². The summed E-state index contributed by atoms with van der Waals surface area (Å²) in [5.41, 5.74) is 1.79. The molecule has 2 N–H and O–H groups in total. The second-order valence-electron chi connectivity index (χ2n) is 6.48. The van der Waals surface area contributed by atoms with Gasteiger partial charge in [-0.25, -0.2) is 0 Å². The first kappa shape index (κ1) is 19.3. The fourth-order valence-corrected chi connectivity index (χ4v) is 3.57. The van der Waals surface area contributed by atoms with Crippen molar-refractivity contribution in [1.29, 1.82) is 0 Å². The Bertz CT molecular complexity index is 792. The van der Waals surface area contributed by atoms with E-state index in [1.54, 1.807) is 32.4 Å². The van der Waals surface area contributed by atoms with Crippen molar-refractivity contribution in [3.05, 3.63) is 47.5 Å². The second-order valence-corrected chi connectivity index (χ2v) is 6.89. The molecule has 2 aromatic carbocycles. The molecule has 0 unspecified atom stereocenters. The van der Waals surface area contributed by atoms with Gasteiger partial charge in [-0.2, -0.15) is 0 Å². The highest BCUT2D eigenvalue weighted by Crippen LogP contribution is 2.28. The maximum atomic E-state index is 12.4. The lowest BCUT2D eigenvalue weighted by molar-refractivity contribution is -0.892. The molecule has 1 amide bonds. The van der Waals surface area contributed by atoms with Gasteiger partial charge in [0, 0.05) is 5.69 Å². The van der Waals surface area contributed by atoms with E-state index in [1.165, 1.54) is 4.90 Å². The summed E-state index contributed by atoms with van der Waals surface area (Å²) in [6.45, 7) is 4.00. The zero-order chi connectivity index (χ0) is 19.2. The highest BCUT2D eigenvalue weighted by Gasteiger charge is 2.24. The fourth-order valence-electron chi connectivity index (χ4n) is 3.31. The molecule has 0 aromatic heterocycles. The third-order valence-electron chi connectivity index (χ3n) is 4.74. The summed E-state index contributed by atoms with van der Waals surface area (Å²) < 4.78 is 10.6. The van der Waals surface area contributed by atoms with Crippen molar-refractivity contribution in [3.63, 3.8) is 0 Å². The SMILES string of the molecule is COc1ccc(NC(=O)C[NH+]2CCN(c3ccccc3OC)CC2)cc1Cl. The molecule has 7 heteroatoms. The number of quaternary nitrogens is 1. The lowest BCUT2D eigenvalue weighted by atomic mass is 10.2. The molecule has 0 atom stereocenters. The Morgan fingerprint density at radius 3 is 2.48 bits per heavy atom. The van der Waals surface area contributed by atoms with E-state index < -0.39 is 0 Å². The standard InChI is InChI=1S/C20H24ClN3O3/c1-26-18-8-7-15(13-16(18)21)22-20(25)14-23-9-11-24(12-10-23)17-5-3-4-6-19(17)27-2/h3-8,13H,9-12,14H2,1-2H3,(H,22,25)/p+1. The van der Waals surface area contributed by atoms with E-state index in [9.17, 15) is 4.79 Å². The van der Waals surface area contributed by atoms with Gasteiger partial charge in [-0.05, 0) is 30.3 Å². The Morgan fingerprint density at radius 1 is 1.11 bits per heavy atom. The van der Waals surface area contributed by atoms with Gasteiger partial charge < -0.3 is 24.6 Å². The van der Waals surface area contributed by atoms with Crippen molar-refractivity contribution >= 4 is 28.9 Å². The Kier molecular flexibility index (Phi) is 6.42. The molecule has 0 radical (unpaired) electrons. The van der Waals surface area contributed by atoms with Crippen LogP contribution in [0.5, 0.6) is 11.5 Å². The summed E-state index contributed by atoms with van der Waals surface area (Å²) in [4.78, 5) is 15.9. The van der Waals surface area contributed by atoms with Gasteiger partial charge in [-0.3, -0.25) is 4.79 Å². The predicted molar refractivity (Wildman–Crippen MR) is 107 cm³/mol. The number of piperazine rings is 1. The first-order valence-corrected chi connectivity index (χ1v) is 9.33. The number of hydrogen-bond acceptors (Lipinski definition) is 4. The molecule has 1 saturated heterocycles. The monoisotopic (exact) mass is 390 g/mol. The molecule has 1 heterocycles. The number of hydrogen-bond donors (Lipinski definition) is 2. The largest absolute Gasteiger partial charge is 0.495 e. The maximum absolute atomic E-state index is 12.4. The molecule has 0 spiro atoms. The van der Waals surface area contributed by atoms with Gasteiger partial charge in [0.25, 0.3) is 5.91 Å². The van der Waals surface area contributed by atoms with Crippen LogP contribution in [-0.4, -0.2) is 52.9 Å². The third kappa shape index (κ3) is 4.84. The Morgan fingerprint density at radius 2 is 1.81 bits per heavy atom. The number of halogens is 1. The van der Waals surface area contributed by atoms with Gasteiger partial charge in [0.2, 0.25) is 0 Å². The normalized spacial score (nSPS) is 14.7. The first-order chi connectivity index (χ1) is 13.1. The van der Waals surface area contributed by atoms with E-state index in [2.05, 4.69) is 16.3 Å². The Balaban J connectivity index is 1.51. The number of methoxy groups -OCH3 is 2. The van der Waals surface area contributed by atoms with E-state index in [1.807, 2.05) is 18.2 Å². The highest BCUT2D eigenvalue weighted by atomic mass is 35.5. The Labute approximate surface area is 164 Å². The number of rotatable bonds is 6. The molecule has 2 aromatic rings. The van der Waals surface area contributed by atoms with Gasteiger partial charge in [0.1, 0.15) is 11.5 Å². The van der Waals surface area contributed by atoms with Crippen LogP contribution >= 0.6 is 11.6 Å². The number of benzene rings is 2. The molecule has 3 rings (SSSR count). The zero-order valence-corrected chi connectivity index (χ0v) is 16.4. The average molecular weight is 391 g/mol. The van der Waals surface area contributed by atoms with Crippen LogP contribution < -0.4 is 24.6 Å². The van der Waals surface area contributed by atoms with E-state index in [-0.39, 0.29) is 5.91 Å². The van der Waals surface area contributed by atoms with Crippen molar-refractivity contribution in [2.75, 3.05) is 57.2 Å². The molecule has 1 fully saturated rings. The molecule has 144 valence electrons. The first-order valence-electron chi connectivity index (χ1n) is 8.95. The van der Waals surface area contributed by atoms with Gasteiger partial charge in [0.15, 0.2) is 6.54 Å². The fraction of sp³-hybridized carbons (Fsp3) is 0.350. The number of carbonyl (C=O) groups is 1. The minimum atomic E-state index is -0.0167. The highest BCUT2D eigenvalue weighted by molar-refractivity contribution is 6.32. The zero-order valence-electron chi connectivity index (χ0n) is 15.6. The molecule has 27 heavy (non-hydrogen) atoms. The van der Waals surface area contributed by atoms with Crippen LogP contribution in [0.3, 0.4) is 0 Å². The molecule has 1 aliphatic rings. The molecular weight excluding hydrogens is 366 g/mol. The van der Waals surface area contributed by atoms with E-state index in [4.69, 9.17) is 21.1 Å². The minimum absolute atomic E-state index is 0.0167. The number of amides is 1. The van der Waals surface area contributed by atoms with Gasteiger partial charge in [-0.1, -0.05) is 23.7 Å². The summed E-state index contributed by atoms with van der Waals surface area (Å²) in [6.07, 6.45) is 0. The van der Waals surface area contributed by atoms with Crippen molar-refractivity contribution in [2.24, 2.45) is 0 Å². The van der Waals surface area contributed by atoms with Gasteiger partial charge in [0.05, 0.1) is 51.1 Å². The third-order valence-corrected chi connectivity index (χ3v) is 5.04. The Hall–Kier alpha value is -2.44. The number of carbonyl (C=O) groups excluding carboxylic acids is 1. The molecule has 0 saturated carbocycles. The predicted octanol–water partition coefficient (Wildman–Crippen LogP) is 1.70. The van der Waals surface area contributed by atoms with E-state index in [0.29, 0.717) is 23.0 Å². The van der Waals surface area contributed by atoms with Crippen LogP contribution in [-0.2, 0) is 4.79 Å². The molecule has 0 bridgehead atoms. The van der Waals surface area contributed by atoms with Crippen molar-refractivity contribution < 1.29 is 19.2 Å². The number of para-hydroxylation sites is 2. The quantitative estimate of drug-likeness (QED) is 0.788. The van der Waals surface area contributed by atoms with Crippen LogP contribution in [0.1, 0.15) is 0 Å². The van der Waals surface area contributed by atoms with Crippen molar-refractivity contribution in [2.45, 2.75) is 0 Å². The van der Waals surface area contributed by atoms with Crippen LogP contribution in [0, 0.1) is 0 Å². The lowest BCUT2D eigenvalue weighted by Gasteiger charge is -2.34. The van der Waals surface area contributed by atoms with Gasteiger partial charge >= 0.3 is 0 Å². The van der Waals surface area contributed by atoms with Crippen LogP contribution in [0.4, 0.5) is 11.4 Å². The van der Waals surface area contributed by atoms with Gasteiger partial charge in [-0.15, -0.1) is 0 Å². The van der Waals surface area contributed by atoms with Crippen molar-refractivity contribution in [3.8, 4) is 11.5 Å². The number of anilines is 2. The molecular formula is C20H25ClN3O3+. The number of nitrogens with one attached hydrogen (secondary N) is 2. The summed E-state index contributed by atoms with van der Waals surface area (Å²) in [6, 6.07) is 13.3. The number of ether oxygens (including phenoxy) is 2. The summed E-state index contributed by atoms with van der Waals surface area (Å²) >= 11 is 6.11. The number of nitrogens with zero attached hydrogens (tertiary/aromatic N) is 1. The molecule has 6 nitrogen and oxygen atoms in total. The van der Waals surface area contributed by atoms with Crippen LogP contribution in [0.2, 0.25) is 5.02 Å². The smallest absolute Gasteiger partial charge is 0.279 e. The maximum Gasteiger partial charge on any atom is 0.279 e. The lowest BCUT2D eigenvalue weighted by Crippen LogP contribution is -3.15. The van der Waals surface area contributed by atoms with E-state index in [0.717, 1.165) is 37.6 Å². The minimum Gasteiger partial charge on any atom is -0.495 e. The summed E-state index contributed by atoms with van der Waals surface area (Å²) in [5, 5.41) is 3.39. The van der Waals surface area contributed by atoms with Crippen LogP contribution in [0.15, 0.2) is 42.5 Å². The summed E-state index contributed by atoms with van der Waals surface area (Å²) in [5.74, 6) is 1.46. The molecule has 1 aliphatic heterocycles. The van der Waals surface area contributed by atoms with Crippen LogP contribution in [0.25, 0.3) is 0 Å².